The van der Waals surface area contributed by atoms with Gasteiger partial charge >= 0.3 is 11.9 Å². The van der Waals surface area contributed by atoms with Crippen molar-refractivity contribution in [1.82, 2.24) is 0 Å². The Bertz CT molecular complexity index is 762. The van der Waals surface area contributed by atoms with Crippen LogP contribution in [0.3, 0.4) is 0 Å². The highest BCUT2D eigenvalue weighted by atomic mass is 35.5. The molecule has 0 aromatic heterocycles. The molecule has 0 saturated carbocycles. The molecular weight excluding hydrogens is 410 g/mol. The standard InChI is InChI=1S/C9H8Cl2O2.C8H6Cl2O2/c1-13-9(12)4-6-2-3-7(10)5-8(6)11;9-6-2-1-5(3-8(11)12)7(10)4-6/h2-3,5H,4H2,1H3;1-2,4H,3H2,(H,11,12). The summed E-state index contributed by atoms with van der Waals surface area (Å²) < 4.78 is 4.51. The van der Waals surface area contributed by atoms with Crippen LogP contribution in [0.4, 0.5) is 0 Å². The highest BCUT2D eigenvalue weighted by molar-refractivity contribution is 6.35. The smallest absolute Gasteiger partial charge is 0.310 e. The highest BCUT2D eigenvalue weighted by Crippen LogP contribution is 2.22. The average Bonchev–Trinajstić information content (AvgIpc) is 2.53. The van der Waals surface area contributed by atoms with Crippen molar-refractivity contribution in [2.75, 3.05) is 7.11 Å². The van der Waals surface area contributed by atoms with Gasteiger partial charge in [0.25, 0.3) is 0 Å². The largest absolute Gasteiger partial charge is 0.481 e. The maximum atomic E-state index is 10.9. The zero-order valence-corrected chi connectivity index (χ0v) is 16.1. The van der Waals surface area contributed by atoms with Crippen LogP contribution in [0.15, 0.2) is 36.4 Å². The molecule has 0 bridgehead atoms. The normalized spacial score (nSPS) is 9.80. The molecule has 2 aromatic carbocycles. The molecule has 0 heterocycles. The Labute approximate surface area is 165 Å². The molecule has 0 amide bonds. The zero-order valence-electron chi connectivity index (χ0n) is 13.1. The Morgan fingerprint density at radius 2 is 1.32 bits per heavy atom. The van der Waals surface area contributed by atoms with E-state index in [4.69, 9.17) is 51.5 Å². The van der Waals surface area contributed by atoms with Crippen LogP contribution >= 0.6 is 46.4 Å². The van der Waals surface area contributed by atoms with E-state index in [1.165, 1.54) is 13.2 Å². The van der Waals surface area contributed by atoms with E-state index in [9.17, 15) is 9.59 Å². The van der Waals surface area contributed by atoms with Crippen LogP contribution in [0.25, 0.3) is 0 Å². The summed E-state index contributed by atoms with van der Waals surface area (Å²) in [4.78, 5) is 21.2. The highest BCUT2D eigenvalue weighted by Gasteiger charge is 2.07. The van der Waals surface area contributed by atoms with Gasteiger partial charge in [0.05, 0.1) is 20.0 Å². The van der Waals surface area contributed by atoms with Crippen molar-refractivity contribution >= 4 is 58.3 Å². The number of hydrogen-bond donors (Lipinski definition) is 1. The molecule has 2 aromatic rings. The molecule has 4 nitrogen and oxygen atoms in total. The van der Waals surface area contributed by atoms with E-state index in [0.717, 1.165) is 5.56 Å². The van der Waals surface area contributed by atoms with Gasteiger partial charge in [0.15, 0.2) is 0 Å². The van der Waals surface area contributed by atoms with Gasteiger partial charge in [-0.15, -0.1) is 0 Å². The topological polar surface area (TPSA) is 63.6 Å². The second-order valence-corrected chi connectivity index (χ2v) is 6.48. The summed E-state index contributed by atoms with van der Waals surface area (Å²) in [6.07, 6.45) is 0.0997. The number of aliphatic carboxylic acids is 1. The predicted octanol–water partition coefficient (Wildman–Crippen LogP) is 5.33. The molecule has 0 saturated heterocycles. The first-order chi connectivity index (χ1) is 11.7. The van der Waals surface area contributed by atoms with Gasteiger partial charge < -0.3 is 9.84 Å². The van der Waals surface area contributed by atoms with Crippen LogP contribution in [0.1, 0.15) is 11.1 Å². The van der Waals surface area contributed by atoms with Gasteiger partial charge in [0.2, 0.25) is 0 Å². The van der Waals surface area contributed by atoms with E-state index in [-0.39, 0.29) is 18.8 Å². The van der Waals surface area contributed by atoms with Crippen LogP contribution in [0, 0.1) is 0 Å². The van der Waals surface area contributed by atoms with E-state index in [1.54, 1.807) is 30.3 Å². The molecule has 0 spiro atoms. The maximum absolute atomic E-state index is 10.9. The third-order valence-corrected chi connectivity index (χ3v) is 4.11. The summed E-state index contributed by atoms with van der Waals surface area (Å²) >= 11 is 22.9. The van der Waals surface area contributed by atoms with Gasteiger partial charge in [-0.05, 0) is 35.4 Å². The lowest BCUT2D eigenvalue weighted by atomic mass is 10.1. The SMILES string of the molecule is COC(=O)Cc1ccc(Cl)cc1Cl.O=C(O)Cc1ccc(Cl)cc1Cl. The number of methoxy groups -OCH3 is 1. The number of carbonyl (C=O) groups excluding carboxylic acids is 1. The molecule has 0 aliphatic heterocycles. The fraction of sp³-hybridized carbons (Fsp3) is 0.176. The summed E-state index contributed by atoms with van der Waals surface area (Å²) in [6.45, 7) is 0. The number of carbonyl (C=O) groups is 2. The van der Waals surface area contributed by atoms with Crippen LogP contribution in [0.2, 0.25) is 20.1 Å². The van der Waals surface area contributed by atoms with Crippen molar-refractivity contribution in [2.45, 2.75) is 12.8 Å². The Kier molecular flexibility index (Phi) is 9.08. The van der Waals surface area contributed by atoms with Gasteiger partial charge in [0.1, 0.15) is 0 Å². The molecule has 25 heavy (non-hydrogen) atoms. The van der Waals surface area contributed by atoms with Crippen molar-refractivity contribution in [2.24, 2.45) is 0 Å². The summed E-state index contributed by atoms with van der Waals surface area (Å²) in [6, 6.07) is 9.75. The maximum Gasteiger partial charge on any atom is 0.310 e. The molecule has 2 rings (SSSR count). The number of rotatable bonds is 4. The van der Waals surface area contributed by atoms with Crippen LogP contribution in [-0.4, -0.2) is 24.2 Å². The number of ether oxygens (including phenoxy) is 1. The van der Waals surface area contributed by atoms with Crippen LogP contribution < -0.4 is 0 Å². The molecule has 1 N–H and O–H groups in total. The third-order valence-electron chi connectivity index (χ3n) is 2.93. The molecule has 0 aliphatic carbocycles. The molecule has 0 unspecified atom stereocenters. The molecule has 0 aliphatic rings. The van der Waals surface area contributed by atoms with E-state index < -0.39 is 5.97 Å². The summed E-state index contributed by atoms with van der Waals surface area (Å²) in [7, 11) is 1.34. The van der Waals surface area contributed by atoms with Crippen molar-refractivity contribution in [1.29, 1.82) is 0 Å². The van der Waals surface area contributed by atoms with E-state index >= 15 is 0 Å². The minimum Gasteiger partial charge on any atom is -0.481 e. The molecule has 0 radical (unpaired) electrons. The van der Waals surface area contributed by atoms with Gasteiger partial charge in [-0.1, -0.05) is 58.5 Å². The van der Waals surface area contributed by atoms with Crippen molar-refractivity contribution in [3.8, 4) is 0 Å². The molecule has 134 valence electrons. The quantitative estimate of drug-likeness (QED) is 0.675. The van der Waals surface area contributed by atoms with Crippen LogP contribution in [0.5, 0.6) is 0 Å². The molecule has 8 heteroatoms. The van der Waals surface area contributed by atoms with Crippen molar-refractivity contribution in [3.63, 3.8) is 0 Å². The number of benzene rings is 2. The lowest BCUT2D eigenvalue weighted by Crippen LogP contribution is -2.04. The Morgan fingerprint density at radius 1 is 0.880 bits per heavy atom. The van der Waals surface area contributed by atoms with Gasteiger partial charge in [0, 0.05) is 20.1 Å². The predicted molar refractivity (Wildman–Crippen MR) is 100.0 cm³/mol. The second kappa shape index (κ2) is 10.5. The Morgan fingerprint density at radius 3 is 1.68 bits per heavy atom. The third kappa shape index (κ3) is 7.97. The zero-order chi connectivity index (χ0) is 19.0. The first-order valence-electron chi connectivity index (χ1n) is 6.89. The van der Waals surface area contributed by atoms with E-state index in [1.807, 2.05) is 0 Å². The number of carboxylic acids is 1. The molecule has 0 fully saturated rings. The lowest BCUT2D eigenvalue weighted by molar-refractivity contribution is -0.140. The summed E-state index contributed by atoms with van der Waals surface area (Å²) in [5, 5.41) is 10.4. The molecular formula is C17H14Cl4O4. The average molecular weight is 424 g/mol. The minimum atomic E-state index is -0.903. The van der Waals surface area contributed by atoms with Gasteiger partial charge in [-0.2, -0.15) is 0 Å². The number of halogens is 4. The van der Waals surface area contributed by atoms with E-state index in [2.05, 4.69) is 4.74 Å². The first kappa shape index (κ1) is 21.6. The van der Waals surface area contributed by atoms with Gasteiger partial charge in [-0.3, -0.25) is 9.59 Å². The van der Waals surface area contributed by atoms with Crippen molar-refractivity contribution in [3.05, 3.63) is 67.6 Å². The molecule has 0 atom stereocenters. The number of hydrogen-bond acceptors (Lipinski definition) is 3. The monoisotopic (exact) mass is 422 g/mol. The van der Waals surface area contributed by atoms with Gasteiger partial charge in [-0.25, -0.2) is 0 Å². The summed E-state index contributed by atoms with van der Waals surface area (Å²) in [5.74, 6) is -1.22. The fourth-order valence-electron chi connectivity index (χ4n) is 1.72. The first-order valence-corrected chi connectivity index (χ1v) is 8.40. The van der Waals surface area contributed by atoms with Crippen molar-refractivity contribution < 1.29 is 19.4 Å². The minimum absolute atomic E-state index is 0.0734. The number of esters is 1. The lowest BCUT2D eigenvalue weighted by Gasteiger charge is -2.02. The summed E-state index contributed by atoms with van der Waals surface area (Å²) in [5.41, 5.74) is 1.30. The van der Waals surface area contributed by atoms with E-state index in [0.29, 0.717) is 25.7 Å². The Hall–Kier alpha value is -1.46. The second-order valence-electron chi connectivity index (χ2n) is 4.79. The number of carboxylic acid groups (broad SMARTS) is 1. The Balaban J connectivity index is 0.000000251. The fourth-order valence-corrected chi connectivity index (χ4v) is 2.67. The van der Waals surface area contributed by atoms with Crippen LogP contribution in [-0.2, 0) is 27.2 Å².